The molecule has 2 aromatic heterocycles. The third-order valence-electron chi connectivity index (χ3n) is 6.36. The molecule has 7 rings (SSSR count). The minimum absolute atomic E-state index is 0.183. The molecular weight excluding hydrogens is 583 g/mol. The standard InChI is InChI=1S/C29H18BrIN2/c30-19-7-5-6-18(16-19)28-29-23(14-15-31-28)24-17-20(12-13-25(24)32-29)33-26-10-3-1-8-21(26)22-9-2-4-11-27(22)33/h1-17,32H. The van der Waals surface area contributed by atoms with Crippen molar-refractivity contribution in [1.82, 2.24) is 9.55 Å². The SMILES string of the molecule is Brc1cccc(C2=IC=Cc3c2[nH]c2ccc(-n4c5ccccc5c5ccccc54)cc32)c1. The first-order chi connectivity index (χ1) is 16.3. The van der Waals surface area contributed by atoms with Gasteiger partial charge in [-0.1, -0.05) is 85.2 Å². The van der Waals surface area contributed by atoms with Gasteiger partial charge in [0.05, 0.1) is 16.7 Å². The van der Waals surface area contributed by atoms with Crippen LogP contribution < -0.4 is 0 Å². The monoisotopic (exact) mass is 600 g/mol. The van der Waals surface area contributed by atoms with Crippen molar-refractivity contribution >= 4 is 79.0 Å². The van der Waals surface area contributed by atoms with Gasteiger partial charge in [-0.05, 0) is 58.2 Å². The second-order valence-electron chi connectivity index (χ2n) is 8.24. The summed E-state index contributed by atoms with van der Waals surface area (Å²) in [5.41, 5.74) is 8.74. The van der Waals surface area contributed by atoms with Crippen molar-refractivity contribution in [2.24, 2.45) is 0 Å². The number of hydrogen-bond donors (Lipinski definition) is 1. The number of nitrogens with one attached hydrogen (secondary N) is 1. The average molecular weight is 601 g/mol. The van der Waals surface area contributed by atoms with Crippen molar-refractivity contribution in [3.05, 3.63) is 116 Å². The van der Waals surface area contributed by atoms with Crippen LogP contribution in [0, 0.1) is 0 Å². The fourth-order valence-corrected chi connectivity index (χ4v) is 7.66. The topological polar surface area (TPSA) is 20.7 Å². The molecular formula is C29H18BrIN2. The van der Waals surface area contributed by atoms with Gasteiger partial charge in [0.2, 0.25) is 0 Å². The summed E-state index contributed by atoms with van der Waals surface area (Å²) in [6.07, 6.45) is 2.32. The normalized spacial score (nSPS) is 13.3. The van der Waals surface area contributed by atoms with Gasteiger partial charge in [0.25, 0.3) is 0 Å². The zero-order valence-corrected chi connectivity index (χ0v) is 21.3. The third-order valence-corrected chi connectivity index (χ3v) is 9.36. The van der Waals surface area contributed by atoms with E-state index in [1.54, 1.807) is 0 Å². The van der Waals surface area contributed by atoms with E-state index in [1.165, 1.54) is 58.7 Å². The van der Waals surface area contributed by atoms with E-state index in [1.807, 2.05) is 0 Å². The van der Waals surface area contributed by atoms with Crippen LogP contribution in [-0.4, -0.2) is 13.1 Å². The van der Waals surface area contributed by atoms with E-state index in [4.69, 9.17) is 0 Å². The first-order valence-electron chi connectivity index (χ1n) is 10.9. The molecule has 0 saturated carbocycles. The summed E-state index contributed by atoms with van der Waals surface area (Å²) in [6.45, 7) is 0. The fraction of sp³-hybridized carbons (Fsp3) is 0. The molecule has 6 aromatic rings. The van der Waals surface area contributed by atoms with E-state index in [0.717, 1.165) is 4.47 Å². The highest BCUT2D eigenvalue weighted by Gasteiger charge is 2.19. The number of aromatic nitrogens is 2. The molecule has 2 nitrogen and oxygen atoms in total. The van der Waals surface area contributed by atoms with Gasteiger partial charge in [0, 0.05) is 40.9 Å². The van der Waals surface area contributed by atoms with Crippen molar-refractivity contribution < 1.29 is 0 Å². The van der Waals surface area contributed by atoms with Crippen LogP contribution in [0.4, 0.5) is 0 Å². The Hall–Kier alpha value is -2.96. The van der Waals surface area contributed by atoms with E-state index < -0.39 is 0 Å². The lowest BCUT2D eigenvalue weighted by molar-refractivity contribution is 1.19. The van der Waals surface area contributed by atoms with Crippen molar-refractivity contribution in [1.29, 1.82) is 0 Å². The molecule has 4 aromatic carbocycles. The van der Waals surface area contributed by atoms with Crippen LogP contribution in [0.3, 0.4) is 0 Å². The molecule has 0 fully saturated rings. The highest BCUT2D eigenvalue weighted by Crippen LogP contribution is 2.37. The Bertz CT molecular complexity index is 1730. The van der Waals surface area contributed by atoms with Crippen LogP contribution >= 0.6 is 36.7 Å². The molecule has 0 unspecified atom stereocenters. The van der Waals surface area contributed by atoms with Crippen molar-refractivity contribution in [2.45, 2.75) is 0 Å². The van der Waals surface area contributed by atoms with E-state index in [9.17, 15) is 0 Å². The molecule has 1 aliphatic rings. The minimum atomic E-state index is -0.183. The van der Waals surface area contributed by atoms with Gasteiger partial charge in [0.15, 0.2) is 0 Å². The molecule has 1 aliphatic heterocycles. The summed E-state index contributed by atoms with van der Waals surface area (Å²) in [7, 11) is 0. The lowest BCUT2D eigenvalue weighted by Crippen LogP contribution is -2.04. The van der Waals surface area contributed by atoms with Crippen molar-refractivity contribution in [3.63, 3.8) is 0 Å². The molecule has 0 spiro atoms. The first kappa shape index (κ1) is 19.5. The quantitative estimate of drug-likeness (QED) is 0.192. The van der Waals surface area contributed by atoms with Gasteiger partial charge in [-0.3, -0.25) is 0 Å². The van der Waals surface area contributed by atoms with E-state index in [-0.39, 0.29) is 20.7 Å². The Balaban J connectivity index is 1.47. The highest BCUT2D eigenvalue weighted by atomic mass is 127. The summed E-state index contributed by atoms with van der Waals surface area (Å²) in [4.78, 5) is 3.75. The van der Waals surface area contributed by atoms with Crippen LogP contribution in [0.5, 0.6) is 0 Å². The molecule has 0 aliphatic carbocycles. The number of nitrogens with zero attached hydrogens (tertiary/aromatic N) is 1. The number of benzene rings is 4. The van der Waals surface area contributed by atoms with Gasteiger partial charge in [-0.25, -0.2) is 0 Å². The fourth-order valence-electron chi connectivity index (χ4n) is 4.93. The van der Waals surface area contributed by atoms with Crippen LogP contribution in [0.2, 0.25) is 0 Å². The number of aromatic amines is 1. The van der Waals surface area contributed by atoms with Crippen LogP contribution in [-0.2, 0) is 0 Å². The summed E-state index contributed by atoms with van der Waals surface area (Å²) < 4.78 is 7.35. The summed E-state index contributed by atoms with van der Waals surface area (Å²) in [5, 5.41) is 3.86. The van der Waals surface area contributed by atoms with E-state index in [2.05, 4.69) is 127 Å². The number of halogens is 2. The highest BCUT2D eigenvalue weighted by molar-refractivity contribution is 14.2. The number of hydrogen-bond acceptors (Lipinski definition) is 0. The summed E-state index contributed by atoms with van der Waals surface area (Å²) >= 11 is 3.46. The minimum Gasteiger partial charge on any atom is -0.354 e. The summed E-state index contributed by atoms with van der Waals surface area (Å²) in [6, 6.07) is 32.8. The van der Waals surface area contributed by atoms with Gasteiger partial charge < -0.3 is 9.55 Å². The Morgan fingerprint density at radius 3 is 2.24 bits per heavy atom. The Labute approximate surface area is 209 Å². The van der Waals surface area contributed by atoms with E-state index in [0.29, 0.717) is 0 Å². The smallest absolute Gasteiger partial charge is 0.0602 e. The Morgan fingerprint density at radius 2 is 1.48 bits per heavy atom. The molecule has 3 heterocycles. The Morgan fingerprint density at radius 1 is 0.727 bits per heavy atom. The average Bonchev–Trinajstić information content (AvgIpc) is 3.39. The second-order valence-corrected chi connectivity index (χ2v) is 11.6. The number of H-pyrrole nitrogens is 1. The number of para-hydroxylation sites is 2. The molecule has 0 amide bonds. The maximum atomic E-state index is 3.75. The zero-order chi connectivity index (χ0) is 21.9. The van der Waals surface area contributed by atoms with Gasteiger partial charge in [-0.2, -0.15) is 0 Å². The number of fused-ring (bicyclic) bond motifs is 6. The lowest BCUT2D eigenvalue weighted by atomic mass is 10.0. The molecule has 158 valence electrons. The van der Waals surface area contributed by atoms with Gasteiger partial charge in [0.1, 0.15) is 0 Å². The molecule has 1 N–H and O–H groups in total. The second kappa shape index (κ2) is 7.54. The van der Waals surface area contributed by atoms with Gasteiger partial charge >= 0.3 is 0 Å². The number of rotatable bonds is 2. The van der Waals surface area contributed by atoms with Gasteiger partial charge in [-0.15, -0.1) is 0 Å². The molecule has 33 heavy (non-hydrogen) atoms. The van der Waals surface area contributed by atoms with Crippen molar-refractivity contribution in [3.8, 4) is 5.69 Å². The first-order valence-corrected chi connectivity index (χ1v) is 14.0. The molecule has 0 radical (unpaired) electrons. The van der Waals surface area contributed by atoms with Crippen molar-refractivity contribution in [2.75, 3.05) is 0 Å². The molecule has 0 saturated heterocycles. The maximum absolute atomic E-state index is 3.75. The molecule has 0 atom stereocenters. The lowest BCUT2D eigenvalue weighted by Gasteiger charge is -2.11. The third kappa shape index (κ3) is 3.01. The Kier molecular flexibility index (Phi) is 4.45. The maximum Gasteiger partial charge on any atom is 0.0602 e. The predicted molar refractivity (Wildman–Crippen MR) is 153 cm³/mol. The largest absolute Gasteiger partial charge is 0.354 e. The summed E-state index contributed by atoms with van der Waals surface area (Å²) in [5.74, 6) is 0. The molecule has 4 heteroatoms. The molecule has 0 bridgehead atoms. The van der Waals surface area contributed by atoms with Crippen LogP contribution in [0.15, 0.2) is 99.6 Å². The van der Waals surface area contributed by atoms with E-state index >= 15 is 0 Å². The predicted octanol–water partition coefficient (Wildman–Crippen LogP) is 8.55. The van der Waals surface area contributed by atoms with Crippen LogP contribution in [0.25, 0.3) is 44.5 Å². The zero-order valence-electron chi connectivity index (χ0n) is 17.5. The van der Waals surface area contributed by atoms with Crippen LogP contribution in [0.1, 0.15) is 16.8 Å².